The van der Waals surface area contributed by atoms with Gasteiger partial charge in [0, 0.05) is 0 Å². The summed E-state index contributed by atoms with van der Waals surface area (Å²) < 4.78 is 5.72. The predicted molar refractivity (Wildman–Crippen MR) is 80.7 cm³/mol. The van der Waals surface area contributed by atoms with Gasteiger partial charge < -0.3 is 10.5 Å². The minimum absolute atomic E-state index is 0.488. The van der Waals surface area contributed by atoms with Crippen LogP contribution >= 0.6 is 11.6 Å². The fourth-order valence-electron chi connectivity index (χ4n) is 1.80. The minimum Gasteiger partial charge on any atom is -0.489 e. The molecule has 2 aromatic carbocycles. The Labute approximate surface area is 119 Å². The number of ether oxygens (including phenoxy) is 1. The van der Waals surface area contributed by atoms with Crippen molar-refractivity contribution in [1.29, 1.82) is 0 Å². The first kappa shape index (κ1) is 13.8. The van der Waals surface area contributed by atoms with Crippen LogP contribution in [0, 0.1) is 0 Å². The zero-order valence-corrected chi connectivity index (χ0v) is 11.9. The van der Waals surface area contributed by atoms with Gasteiger partial charge in [0.25, 0.3) is 0 Å². The lowest BCUT2D eigenvalue weighted by molar-refractivity contribution is 0.306. The molecule has 2 nitrogen and oxygen atoms in total. The molecule has 100 valence electrons. The molecular weight excluding hydrogens is 258 g/mol. The van der Waals surface area contributed by atoms with E-state index in [1.54, 1.807) is 6.07 Å². The van der Waals surface area contributed by atoms with Gasteiger partial charge in [-0.2, -0.15) is 0 Å². The summed E-state index contributed by atoms with van der Waals surface area (Å²) >= 11 is 5.88. The van der Waals surface area contributed by atoms with Crippen LogP contribution in [0.1, 0.15) is 30.9 Å². The molecule has 19 heavy (non-hydrogen) atoms. The van der Waals surface area contributed by atoms with E-state index in [2.05, 4.69) is 26.0 Å². The summed E-state index contributed by atoms with van der Waals surface area (Å²) in [5.74, 6) is 1.39. The average molecular weight is 276 g/mol. The van der Waals surface area contributed by atoms with Crippen LogP contribution in [0.3, 0.4) is 0 Å². The van der Waals surface area contributed by atoms with Gasteiger partial charge in [-0.25, -0.2) is 0 Å². The van der Waals surface area contributed by atoms with E-state index in [1.165, 1.54) is 5.56 Å². The van der Waals surface area contributed by atoms with Crippen molar-refractivity contribution in [2.45, 2.75) is 26.4 Å². The number of benzene rings is 2. The predicted octanol–water partition coefficient (Wildman–Crippen LogP) is 4.62. The fraction of sp³-hybridized carbons (Fsp3) is 0.250. The Morgan fingerprint density at radius 3 is 2.37 bits per heavy atom. The molecule has 0 saturated heterocycles. The van der Waals surface area contributed by atoms with E-state index < -0.39 is 0 Å². The topological polar surface area (TPSA) is 35.2 Å². The third-order valence-corrected chi connectivity index (χ3v) is 3.36. The molecule has 0 aromatic heterocycles. The summed E-state index contributed by atoms with van der Waals surface area (Å²) in [4.78, 5) is 0. The summed E-state index contributed by atoms with van der Waals surface area (Å²) in [7, 11) is 0. The molecule has 2 N–H and O–H groups in total. The number of nitrogens with two attached hydrogens (primary N) is 1. The highest BCUT2D eigenvalue weighted by Gasteiger charge is 2.02. The van der Waals surface area contributed by atoms with E-state index in [0.717, 1.165) is 11.3 Å². The van der Waals surface area contributed by atoms with Crippen molar-refractivity contribution in [1.82, 2.24) is 0 Å². The van der Waals surface area contributed by atoms with Crippen LogP contribution in [0.25, 0.3) is 0 Å². The first-order valence-corrected chi connectivity index (χ1v) is 6.70. The Morgan fingerprint density at radius 1 is 1.11 bits per heavy atom. The van der Waals surface area contributed by atoms with Crippen molar-refractivity contribution in [3.63, 3.8) is 0 Å². The van der Waals surface area contributed by atoms with E-state index >= 15 is 0 Å². The van der Waals surface area contributed by atoms with Crippen molar-refractivity contribution >= 4 is 17.3 Å². The molecule has 0 atom stereocenters. The second-order valence-electron chi connectivity index (χ2n) is 4.87. The van der Waals surface area contributed by atoms with Crippen LogP contribution in [-0.4, -0.2) is 0 Å². The standard InChI is InChI=1S/C16H18ClNO/c1-11(2)13-4-6-14(7-5-13)19-10-12-3-8-15(17)16(18)9-12/h3-9,11H,10,18H2,1-2H3. The van der Waals surface area contributed by atoms with Gasteiger partial charge >= 0.3 is 0 Å². The van der Waals surface area contributed by atoms with E-state index in [9.17, 15) is 0 Å². The summed E-state index contributed by atoms with van der Waals surface area (Å²) in [6.45, 7) is 4.83. The molecule has 0 unspecified atom stereocenters. The quantitative estimate of drug-likeness (QED) is 0.826. The van der Waals surface area contributed by atoms with Crippen molar-refractivity contribution < 1.29 is 4.74 Å². The smallest absolute Gasteiger partial charge is 0.119 e. The number of halogens is 1. The Morgan fingerprint density at radius 2 is 1.79 bits per heavy atom. The normalized spacial score (nSPS) is 10.7. The third kappa shape index (κ3) is 3.65. The van der Waals surface area contributed by atoms with Crippen LogP contribution < -0.4 is 10.5 Å². The van der Waals surface area contributed by atoms with Crippen LogP contribution in [0.5, 0.6) is 5.75 Å². The molecule has 0 aliphatic carbocycles. The largest absolute Gasteiger partial charge is 0.489 e. The lowest BCUT2D eigenvalue weighted by Crippen LogP contribution is -1.97. The summed E-state index contributed by atoms with van der Waals surface area (Å²) in [6, 6.07) is 13.7. The molecule has 2 aromatic rings. The van der Waals surface area contributed by atoms with E-state index in [1.807, 2.05) is 24.3 Å². The maximum absolute atomic E-state index is 5.88. The van der Waals surface area contributed by atoms with Gasteiger partial charge in [0.1, 0.15) is 12.4 Å². The molecular formula is C16H18ClNO. The molecule has 0 bridgehead atoms. The van der Waals surface area contributed by atoms with Crippen molar-refractivity contribution in [2.24, 2.45) is 0 Å². The zero-order valence-electron chi connectivity index (χ0n) is 11.2. The molecule has 0 amide bonds. The average Bonchev–Trinajstić information content (AvgIpc) is 2.40. The molecule has 0 saturated carbocycles. The highest BCUT2D eigenvalue weighted by atomic mass is 35.5. The molecule has 0 aliphatic rings. The van der Waals surface area contributed by atoms with Crippen molar-refractivity contribution in [3.05, 3.63) is 58.6 Å². The number of hydrogen-bond acceptors (Lipinski definition) is 2. The molecule has 0 radical (unpaired) electrons. The van der Waals surface area contributed by atoms with Gasteiger partial charge in [0.15, 0.2) is 0 Å². The lowest BCUT2D eigenvalue weighted by atomic mass is 10.0. The van der Waals surface area contributed by atoms with Gasteiger partial charge in [-0.05, 0) is 41.3 Å². The molecule has 0 aliphatic heterocycles. The molecule has 0 spiro atoms. The highest BCUT2D eigenvalue weighted by Crippen LogP contribution is 2.22. The molecule has 2 rings (SSSR count). The van der Waals surface area contributed by atoms with Crippen LogP contribution in [-0.2, 0) is 6.61 Å². The van der Waals surface area contributed by atoms with E-state index in [4.69, 9.17) is 22.1 Å². The first-order valence-electron chi connectivity index (χ1n) is 6.33. The van der Waals surface area contributed by atoms with Crippen molar-refractivity contribution in [3.8, 4) is 5.75 Å². The molecule has 0 fully saturated rings. The minimum atomic E-state index is 0.488. The second kappa shape index (κ2) is 5.98. The van der Waals surface area contributed by atoms with Crippen LogP contribution in [0.2, 0.25) is 5.02 Å². The zero-order chi connectivity index (χ0) is 13.8. The number of rotatable bonds is 4. The number of anilines is 1. The van der Waals surface area contributed by atoms with Gasteiger partial charge in [-0.3, -0.25) is 0 Å². The molecule has 3 heteroatoms. The molecule has 0 heterocycles. The highest BCUT2D eigenvalue weighted by molar-refractivity contribution is 6.33. The van der Waals surface area contributed by atoms with Gasteiger partial charge in [0.05, 0.1) is 10.7 Å². The van der Waals surface area contributed by atoms with E-state index in [0.29, 0.717) is 23.2 Å². The maximum atomic E-state index is 5.88. The fourth-order valence-corrected chi connectivity index (χ4v) is 1.92. The Hall–Kier alpha value is -1.67. The summed E-state index contributed by atoms with van der Waals surface area (Å²) in [5.41, 5.74) is 8.65. The Bertz CT molecular complexity index is 549. The SMILES string of the molecule is CC(C)c1ccc(OCc2ccc(Cl)c(N)c2)cc1. The Balaban J connectivity index is 2.00. The maximum Gasteiger partial charge on any atom is 0.119 e. The number of hydrogen-bond donors (Lipinski definition) is 1. The van der Waals surface area contributed by atoms with Crippen LogP contribution in [0.15, 0.2) is 42.5 Å². The lowest BCUT2D eigenvalue weighted by Gasteiger charge is -2.09. The van der Waals surface area contributed by atoms with Crippen molar-refractivity contribution in [2.75, 3.05) is 5.73 Å². The van der Waals surface area contributed by atoms with Gasteiger partial charge in [0.2, 0.25) is 0 Å². The second-order valence-corrected chi connectivity index (χ2v) is 5.28. The Kier molecular flexibility index (Phi) is 4.33. The van der Waals surface area contributed by atoms with Gasteiger partial charge in [-0.1, -0.05) is 43.6 Å². The third-order valence-electron chi connectivity index (χ3n) is 3.01. The summed E-state index contributed by atoms with van der Waals surface area (Å²) in [6.07, 6.45) is 0. The van der Waals surface area contributed by atoms with Crippen LogP contribution in [0.4, 0.5) is 5.69 Å². The monoisotopic (exact) mass is 275 g/mol. The van der Waals surface area contributed by atoms with Gasteiger partial charge in [-0.15, -0.1) is 0 Å². The van der Waals surface area contributed by atoms with E-state index in [-0.39, 0.29) is 0 Å². The summed E-state index contributed by atoms with van der Waals surface area (Å²) in [5, 5.41) is 0.574. The first-order chi connectivity index (χ1) is 9.06. The number of nitrogen functional groups attached to an aromatic ring is 1.